The highest BCUT2D eigenvalue weighted by Gasteiger charge is 2.15. The summed E-state index contributed by atoms with van der Waals surface area (Å²) in [5.74, 6) is -0.886. The van der Waals surface area contributed by atoms with Gasteiger partial charge in [0.2, 0.25) is 5.95 Å². The van der Waals surface area contributed by atoms with Crippen molar-refractivity contribution in [2.24, 2.45) is 0 Å². The predicted molar refractivity (Wildman–Crippen MR) is 94.2 cm³/mol. The Balaban J connectivity index is 1.70. The molecule has 2 aromatic carbocycles. The molecule has 0 bridgehead atoms. The minimum Gasteiger partial charge on any atom is -0.457 e. The number of anilines is 2. The standard InChI is InChI=1S/C19H15F2N3O2/c1-11-10-16(17(21)24-18(11)22)19(25)23-13-4-8-15(9-5-13)26-14-6-2-12(20)3-7-14/h2-10H,1H3,(H2,22,24)(H,23,25). The van der Waals surface area contributed by atoms with Crippen LogP contribution < -0.4 is 15.8 Å². The van der Waals surface area contributed by atoms with Gasteiger partial charge >= 0.3 is 0 Å². The fraction of sp³-hybridized carbons (Fsp3) is 0.0526. The second-order valence-electron chi connectivity index (χ2n) is 5.56. The van der Waals surface area contributed by atoms with Crippen LogP contribution in [0, 0.1) is 18.7 Å². The number of pyridine rings is 1. The first-order chi connectivity index (χ1) is 12.4. The second kappa shape index (κ2) is 7.18. The molecule has 0 aliphatic carbocycles. The van der Waals surface area contributed by atoms with Crippen LogP contribution in [-0.4, -0.2) is 10.9 Å². The topological polar surface area (TPSA) is 77.2 Å². The molecule has 0 unspecified atom stereocenters. The number of nitrogens with two attached hydrogens (primary N) is 1. The van der Waals surface area contributed by atoms with E-state index >= 15 is 0 Å². The van der Waals surface area contributed by atoms with Crippen LogP contribution in [-0.2, 0) is 0 Å². The molecule has 3 rings (SSSR count). The number of carbonyl (C=O) groups is 1. The number of nitrogen functional groups attached to an aromatic ring is 1. The zero-order valence-electron chi connectivity index (χ0n) is 13.8. The molecular weight excluding hydrogens is 340 g/mol. The molecule has 0 aliphatic heterocycles. The number of ether oxygens (including phenoxy) is 1. The maximum absolute atomic E-state index is 13.8. The summed E-state index contributed by atoms with van der Waals surface area (Å²) in [6.45, 7) is 1.64. The zero-order valence-corrected chi connectivity index (χ0v) is 13.8. The molecule has 0 saturated heterocycles. The Morgan fingerprint density at radius 2 is 1.62 bits per heavy atom. The molecule has 5 nitrogen and oxygen atoms in total. The molecule has 1 amide bonds. The van der Waals surface area contributed by atoms with Crippen LogP contribution in [0.15, 0.2) is 54.6 Å². The van der Waals surface area contributed by atoms with Crippen LogP contribution in [0.5, 0.6) is 11.5 Å². The van der Waals surface area contributed by atoms with Gasteiger partial charge in [0.1, 0.15) is 23.1 Å². The maximum Gasteiger partial charge on any atom is 0.260 e. The fourth-order valence-corrected chi connectivity index (χ4v) is 2.21. The number of benzene rings is 2. The van der Waals surface area contributed by atoms with Gasteiger partial charge in [-0.05, 0) is 67.1 Å². The van der Waals surface area contributed by atoms with Crippen molar-refractivity contribution in [3.8, 4) is 11.5 Å². The van der Waals surface area contributed by atoms with E-state index in [1.165, 1.54) is 30.3 Å². The number of amides is 1. The Kier molecular flexibility index (Phi) is 4.79. The number of carbonyl (C=O) groups excluding carboxylic acids is 1. The molecule has 0 spiro atoms. The Bertz CT molecular complexity index is 942. The average molecular weight is 355 g/mol. The fourth-order valence-electron chi connectivity index (χ4n) is 2.21. The summed E-state index contributed by atoms with van der Waals surface area (Å²) in [4.78, 5) is 15.7. The number of nitrogens with one attached hydrogen (secondary N) is 1. The Morgan fingerprint density at radius 3 is 2.23 bits per heavy atom. The minimum atomic E-state index is -0.929. The lowest BCUT2D eigenvalue weighted by molar-refractivity contribution is 0.102. The number of rotatable bonds is 4. The van der Waals surface area contributed by atoms with E-state index < -0.39 is 11.9 Å². The molecular formula is C19H15F2N3O2. The number of hydrogen-bond donors (Lipinski definition) is 2. The molecule has 0 aliphatic rings. The molecule has 3 aromatic rings. The SMILES string of the molecule is Cc1cc(C(=O)Nc2ccc(Oc3ccc(F)cc3)cc2)c(F)nc1N. The van der Waals surface area contributed by atoms with E-state index in [4.69, 9.17) is 10.5 Å². The molecule has 3 N–H and O–H groups in total. The second-order valence-corrected chi connectivity index (χ2v) is 5.56. The molecule has 0 saturated carbocycles. The van der Waals surface area contributed by atoms with Crippen LogP contribution in [0.4, 0.5) is 20.3 Å². The van der Waals surface area contributed by atoms with Gasteiger partial charge in [-0.25, -0.2) is 9.37 Å². The molecule has 0 atom stereocenters. The van der Waals surface area contributed by atoms with Gasteiger partial charge in [-0.2, -0.15) is 4.39 Å². The third kappa shape index (κ3) is 3.94. The highest BCUT2D eigenvalue weighted by atomic mass is 19.1. The normalized spacial score (nSPS) is 10.4. The van der Waals surface area contributed by atoms with Gasteiger partial charge in [0.05, 0.1) is 5.56 Å². The van der Waals surface area contributed by atoms with Gasteiger partial charge in [0.25, 0.3) is 5.91 Å². The summed E-state index contributed by atoms with van der Waals surface area (Å²) >= 11 is 0. The summed E-state index contributed by atoms with van der Waals surface area (Å²) in [5, 5.41) is 2.58. The van der Waals surface area contributed by atoms with Crippen LogP contribution in [0.25, 0.3) is 0 Å². The minimum absolute atomic E-state index is 0.0429. The van der Waals surface area contributed by atoms with Crippen LogP contribution in [0.2, 0.25) is 0 Å². The number of nitrogens with zero attached hydrogens (tertiary/aromatic N) is 1. The average Bonchev–Trinajstić information content (AvgIpc) is 2.61. The predicted octanol–water partition coefficient (Wildman–Crippen LogP) is 4.30. The third-order valence-electron chi connectivity index (χ3n) is 3.61. The third-order valence-corrected chi connectivity index (χ3v) is 3.61. The molecule has 1 aromatic heterocycles. The van der Waals surface area contributed by atoms with E-state index in [-0.39, 0.29) is 17.2 Å². The summed E-state index contributed by atoms with van der Waals surface area (Å²) in [5.41, 5.74) is 6.29. The molecule has 1 heterocycles. The molecule has 132 valence electrons. The van der Waals surface area contributed by atoms with Crippen molar-refractivity contribution in [2.75, 3.05) is 11.1 Å². The lowest BCUT2D eigenvalue weighted by atomic mass is 10.2. The maximum atomic E-state index is 13.8. The number of aryl methyl sites for hydroxylation is 1. The van der Waals surface area contributed by atoms with Gasteiger partial charge in [-0.15, -0.1) is 0 Å². The van der Waals surface area contributed by atoms with E-state index in [0.717, 1.165) is 0 Å². The van der Waals surface area contributed by atoms with Crippen molar-refractivity contribution >= 4 is 17.4 Å². The first-order valence-electron chi connectivity index (χ1n) is 7.70. The highest BCUT2D eigenvalue weighted by Crippen LogP contribution is 2.23. The molecule has 7 heteroatoms. The van der Waals surface area contributed by atoms with Gasteiger partial charge < -0.3 is 15.8 Å². The number of aromatic nitrogens is 1. The smallest absolute Gasteiger partial charge is 0.260 e. The van der Waals surface area contributed by atoms with E-state index in [1.54, 1.807) is 31.2 Å². The van der Waals surface area contributed by atoms with E-state index in [9.17, 15) is 13.6 Å². The molecule has 26 heavy (non-hydrogen) atoms. The first-order valence-corrected chi connectivity index (χ1v) is 7.70. The largest absolute Gasteiger partial charge is 0.457 e. The lowest BCUT2D eigenvalue weighted by Crippen LogP contribution is -2.15. The monoisotopic (exact) mass is 355 g/mol. The lowest BCUT2D eigenvalue weighted by Gasteiger charge is -2.09. The zero-order chi connectivity index (χ0) is 18.7. The summed E-state index contributed by atoms with van der Waals surface area (Å²) in [7, 11) is 0. The Hall–Kier alpha value is -3.48. The van der Waals surface area contributed by atoms with Crippen molar-refractivity contribution in [3.63, 3.8) is 0 Å². The van der Waals surface area contributed by atoms with Crippen LogP contribution in [0.3, 0.4) is 0 Å². The quantitative estimate of drug-likeness (QED) is 0.684. The number of halogens is 2. The Morgan fingerprint density at radius 1 is 1.04 bits per heavy atom. The molecule has 0 radical (unpaired) electrons. The summed E-state index contributed by atoms with van der Waals surface area (Å²) < 4.78 is 32.3. The van der Waals surface area contributed by atoms with Crippen LogP contribution in [0.1, 0.15) is 15.9 Å². The van der Waals surface area contributed by atoms with Gasteiger partial charge in [0, 0.05) is 5.69 Å². The number of hydrogen-bond acceptors (Lipinski definition) is 4. The summed E-state index contributed by atoms with van der Waals surface area (Å²) in [6.07, 6.45) is 0. The van der Waals surface area contributed by atoms with Crippen molar-refractivity contribution < 1.29 is 18.3 Å². The highest BCUT2D eigenvalue weighted by molar-refractivity contribution is 6.04. The summed E-state index contributed by atoms with van der Waals surface area (Å²) in [6, 6.07) is 13.4. The van der Waals surface area contributed by atoms with Crippen molar-refractivity contribution in [1.82, 2.24) is 4.98 Å². The Labute approximate surface area is 148 Å². The van der Waals surface area contributed by atoms with Gasteiger partial charge in [-0.3, -0.25) is 4.79 Å². The van der Waals surface area contributed by atoms with Gasteiger partial charge in [-0.1, -0.05) is 0 Å². The van der Waals surface area contributed by atoms with Crippen LogP contribution >= 0.6 is 0 Å². The van der Waals surface area contributed by atoms with E-state index in [2.05, 4.69) is 10.3 Å². The van der Waals surface area contributed by atoms with E-state index in [1.807, 2.05) is 0 Å². The van der Waals surface area contributed by atoms with Crippen molar-refractivity contribution in [1.29, 1.82) is 0 Å². The van der Waals surface area contributed by atoms with Crippen molar-refractivity contribution in [3.05, 3.63) is 77.5 Å². The first kappa shape index (κ1) is 17.3. The van der Waals surface area contributed by atoms with Gasteiger partial charge in [0.15, 0.2) is 0 Å². The molecule has 0 fully saturated rings. The van der Waals surface area contributed by atoms with Crippen molar-refractivity contribution in [2.45, 2.75) is 6.92 Å². The van der Waals surface area contributed by atoms with E-state index in [0.29, 0.717) is 22.7 Å².